The van der Waals surface area contributed by atoms with Crippen LogP contribution in [0.4, 0.5) is 0 Å². The lowest BCUT2D eigenvalue weighted by Gasteiger charge is -2.23. The van der Waals surface area contributed by atoms with E-state index in [9.17, 15) is 14.7 Å². The molecule has 1 aliphatic rings. The van der Waals surface area contributed by atoms with Crippen LogP contribution in [-0.4, -0.2) is 39.6 Å². The Balaban J connectivity index is 2.28. The number of nitrogens with one attached hydrogen (secondary N) is 1. The first-order chi connectivity index (χ1) is 11.4. The SMILES string of the molecule is C=C(CCC)CO[C@H]1C(O)[C@@H](CC)O[C@H]1n1cc(C)c(=O)[nH]c1=O. The molecule has 0 spiro atoms. The Morgan fingerprint density at radius 1 is 1.46 bits per heavy atom. The highest BCUT2D eigenvalue weighted by Crippen LogP contribution is 2.32. The van der Waals surface area contributed by atoms with E-state index >= 15 is 0 Å². The van der Waals surface area contributed by atoms with Gasteiger partial charge in [-0.2, -0.15) is 0 Å². The Morgan fingerprint density at radius 3 is 2.79 bits per heavy atom. The Labute approximate surface area is 140 Å². The second kappa shape index (κ2) is 7.92. The van der Waals surface area contributed by atoms with Gasteiger partial charge in [0.2, 0.25) is 0 Å². The molecule has 4 atom stereocenters. The van der Waals surface area contributed by atoms with Crippen LogP contribution < -0.4 is 11.2 Å². The van der Waals surface area contributed by atoms with Crippen molar-refractivity contribution in [2.75, 3.05) is 6.61 Å². The van der Waals surface area contributed by atoms with Gasteiger partial charge in [-0.15, -0.1) is 0 Å². The number of hydrogen-bond donors (Lipinski definition) is 2. The molecule has 2 rings (SSSR count). The minimum atomic E-state index is -0.853. The lowest BCUT2D eigenvalue weighted by molar-refractivity contribution is -0.0651. The minimum absolute atomic E-state index is 0.295. The van der Waals surface area contributed by atoms with E-state index in [4.69, 9.17) is 9.47 Å². The molecule has 0 saturated carbocycles. The Kier molecular flexibility index (Phi) is 6.15. The van der Waals surface area contributed by atoms with Gasteiger partial charge in [0, 0.05) is 11.8 Å². The van der Waals surface area contributed by atoms with Crippen LogP contribution in [-0.2, 0) is 9.47 Å². The summed E-state index contributed by atoms with van der Waals surface area (Å²) in [6.07, 6.45) is 1.05. The molecule has 0 aliphatic carbocycles. The highest BCUT2D eigenvalue weighted by atomic mass is 16.6. The summed E-state index contributed by atoms with van der Waals surface area (Å²) >= 11 is 0. The molecular weight excluding hydrogens is 312 g/mol. The van der Waals surface area contributed by atoms with Crippen molar-refractivity contribution in [3.05, 3.63) is 44.8 Å². The number of aliphatic hydroxyl groups is 1. The molecule has 2 N–H and O–H groups in total. The van der Waals surface area contributed by atoms with Crippen LogP contribution in [0.15, 0.2) is 27.9 Å². The molecule has 1 fully saturated rings. The summed E-state index contributed by atoms with van der Waals surface area (Å²) in [5.74, 6) is 0. The van der Waals surface area contributed by atoms with E-state index in [0.717, 1.165) is 18.4 Å². The molecule has 0 amide bonds. The summed E-state index contributed by atoms with van der Waals surface area (Å²) in [6.45, 7) is 9.80. The number of ether oxygens (including phenoxy) is 2. The van der Waals surface area contributed by atoms with Crippen molar-refractivity contribution < 1.29 is 14.6 Å². The standard InChI is InChI=1S/C17H26N2O5/c1-5-7-10(3)9-23-14-13(20)12(6-2)24-16(14)19-8-11(4)15(21)18-17(19)22/h8,12-14,16,20H,3,5-7,9H2,1-2,4H3,(H,18,21,22)/t12-,13?,14+,16-/m1/s1. The summed E-state index contributed by atoms with van der Waals surface area (Å²) in [5, 5.41) is 10.5. The van der Waals surface area contributed by atoms with Crippen molar-refractivity contribution in [2.45, 2.75) is 64.6 Å². The summed E-state index contributed by atoms with van der Waals surface area (Å²) in [4.78, 5) is 26.0. The molecule has 134 valence electrons. The lowest BCUT2D eigenvalue weighted by Crippen LogP contribution is -2.40. The van der Waals surface area contributed by atoms with Gasteiger partial charge in [0.05, 0.1) is 12.7 Å². The predicted octanol–water partition coefficient (Wildman–Crippen LogP) is 1.25. The normalized spacial score (nSPS) is 26.7. The first-order valence-corrected chi connectivity index (χ1v) is 8.32. The largest absolute Gasteiger partial charge is 0.388 e. The van der Waals surface area contributed by atoms with Crippen LogP contribution in [0.5, 0.6) is 0 Å². The molecule has 7 nitrogen and oxygen atoms in total. The number of aryl methyl sites for hydroxylation is 1. The molecule has 7 heteroatoms. The van der Waals surface area contributed by atoms with E-state index in [2.05, 4.69) is 18.5 Å². The van der Waals surface area contributed by atoms with Crippen molar-refractivity contribution in [3.63, 3.8) is 0 Å². The predicted molar refractivity (Wildman–Crippen MR) is 90.1 cm³/mol. The number of aromatic nitrogens is 2. The average molecular weight is 338 g/mol. The maximum atomic E-state index is 12.1. The molecule has 1 saturated heterocycles. The third-order valence-electron chi connectivity index (χ3n) is 4.22. The van der Waals surface area contributed by atoms with Gasteiger partial charge in [0.1, 0.15) is 12.2 Å². The fourth-order valence-electron chi connectivity index (χ4n) is 2.87. The van der Waals surface area contributed by atoms with E-state index in [1.54, 1.807) is 6.92 Å². The van der Waals surface area contributed by atoms with Gasteiger partial charge < -0.3 is 14.6 Å². The molecule has 24 heavy (non-hydrogen) atoms. The van der Waals surface area contributed by atoms with E-state index < -0.39 is 35.8 Å². The van der Waals surface area contributed by atoms with Gasteiger partial charge in [-0.3, -0.25) is 14.3 Å². The highest BCUT2D eigenvalue weighted by molar-refractivity contribution is 5.03. The Hall–Kier alpha value is -1.70. The van der Waals surface area contributed by atoms with Crippen LogP contribution in [0.1, 0.15) is 44.9 Å². The van der Waals surface area contributed by atoms with Crippen molar-refractivity contribution in [3.8, 4) is 0 Å². The number of aliphatic hydroxyl groups excluding tert-OH is 1. The van der Waals surface area contributed by atoms with Gasteiger partial charge in [0.25, 0.3) is 5.56 Å². The number of rotatable bonds is 7. The van der Waals surface area contributed by atoms with Crippen LogP contribution in [0.2, 0.25) is 0 Å². The Morgan fingerprint density at radius 2 is 2.17 bits per heavy atom. The summed E-state index contributed by atoms with van der Waals surface area (Å²) in [7, 11) is 0. The van der Waals surface area contributed by atoms with E-state index in [1.165, 1.54) is 10.8 Å². The Bertz CT molecular complexity index is 693. The van der Waals surface area contributed by atoms with Crippen molar-refractivity contribution in [1.29, 1.82) is 0 Å². The highest BCUT2D eigenvalue weighted by Gasteiger charge is 2.45. The van der Waals surface area contributed by atoms with Crippen molar-refractivity contribution in [1.82, 2.24) is 9.55 Å². The van der Waals surface area contributed by atoms with Gasteiger partial charge in [-0.05, 0) is 19.8 Å². The summed E-state index contributed by atoms with van der Waals surface area (Å²) in [6, 6.07) is 0. The van der Waals surface area contributed by atoms with Gasteiger partial charge in [0.15, 0.2) is 6.23 Å². The van der Waals surface area contributed by atoms with Gasteiger partial charge in [-0.1, -0.05) is 32.4 Å². The van der Waals surface area contributed by atoms with Gasteiger partial charge in [-0.25, -0.2) is 4.79 Å². The molecule has 0 aromatic carbocycles. The van der Waals surface area contributed by atoms with Crippen LogP contribution in [0.25, 0.3) is 0 Å². The number of nitrogens with zero attached hydrogens (tertiary/aromatic N) is 1. The second-order valence-electron chi connectivity index (χ2n) is 6.22. The fraction of sp³-hybridized carbons (Fsp3) is 0.647. The first kappa shape index (κ1) is 18.6. The van der Waals surface area contributed by atoms with Crippen molar-refractivity contribution in [2.24, 2.45) is 0 Å². The van der Waals surface area contributed by atoms with Crippen LogP contribution >= 0.6 is 0 Å². The molecule has 1 unspecified atom stereocenters. The molecular formula is C17H26N2O5. The summed E-state index contributed by atoms with van der Waals surface area (Å²) in [5.41, 5.74) is 0.298. The molecule has 0 radical (unpaired) electrons. The van der Waals surface area contributed by atoms with Crippen LogP contribution in [0.3, 0.4) is 0 Å². The number of H-pyrrole nitrogens is 1. The minimum Gasteiger partial charge on any atom is -0.388 e. The van der Waals surface area contributed by atoms with Crippen LogP contribution in [0, 0.1) is 6.92 Å². The third-order valence-corrected chi connectivity index (χ3v) is 4.22. The monoisotopic (exact) mass is 338 g/mol. The quantitative estimate of drug-likeness (QED) is 0.730. The first-order valence-electron chi connectivity index (χ1n) is 8.32. The zero-order valence-corrected chi connectivity index (χ0v) is 14.4. The summed E-state index contributed by atoms with van der Waals surface area (Å²) < 4.78 is 12.9. The zero-order valence-electron chi connectivity index (χ0n) is 14.4. The fourth-order valence-corrected chi connectivity index (χ4v) is 2.87. The van der Waals surface area contributed by atoms with Crippen molar-refractivity contribution >= 4 is 0 Å². The number of hydrogen-bond acceptors (Lipinski definition) is 5. The molecule has 0 bridgehead atoms. The second-order valence-corrected chi connectivity index (χ2v) is 6.22. The topological polar surface area (TPSA) is 93.5 Å². The maximum Gasteiger partial charge on any atom is 0.330 e. The molecule has 1 aromatic rings. The zero-order chi connectivity index (χ0) is 17.9. The lowest BCUT2D eigenvalue weighted by atomic mass is 10.1. The average Bonchev–Trinajstić information content (AvgIpc) is 2.85. The molecule has 2 heterocycles. The molecule has 1 aromatic heterocycles. The number of aromatic amines is 1. The molecule has 1 aliphatic heterocycles. The smallest absolute Gasteiger partial charge is 0.330 e. The van der Waals surface area contributed by atoms with E-state index in [1.807, 2.05) is 6.92 Å². The van der Waals surface area contributed by atoms with E-state index in [-0.39, 0.29) is 0 Å². The van der Waals surface area contributed by atoms with E-state index in [0.29, 0.717) is 18.6 Å². The van der Waals surface area contributed by atoms with Gasteiger partial charge >= 0.3 is 5.69 Å². The maximum absolute atomic E-state index is 12.1. The third kappa shape index (κ3) is 3.85.